The maximum atomic E-state index is 4.39. The summed E-state index contributed by atoms with van der Waals surface area (Å²) in [4.78, 5) is 0. The smallest absolute Gasteiger partial charge is 0.793 e. The van der Waals surface area contributed by atoms with Gasteiger partial charge in [-0.1, -0.05) is 6.92 Å². The van der Waals surface area contributed by atoms with E-state index >= 15 is 0 Å². The summed E-state index contributed by atoms with van der Waals surface area (Å²) in [6.45, 7) is 1.94. The van der Waals surface area contributed by atoms with Crippen molar-refractivity contribution in [2.45, 2.75) is 6.92 Å². The van der Waals surface area contributed by atoms with Crippen LogP contribution in [0.2, 0.25) is 0 Å². The third kappa shape index (κ3) is 20.6. The number of rotatable bonds is 0. The minimum atomic E-state index is 0. The van der Waals surface area contributed by atoms with Crippen molar-refractivity contribution in [3.63, 3.8) is 0 Å². The molecule has 0 spiro atoms. The molecule has 0 heterocycles. The van der Waals surface area contributed by atoms with E-state index in [1.807, 2.05) is 6.92 Å². The molecule has 0 bridgehead atoms. The third-order valence-corrected chi connectivity index (χ3v) is 0. The molecule has 0 saturated heterocycles. The van der Waals surface area contributed by atoms with Gasteiger partial charge in [-0.3, -0.25) is 0 Å². The molecule has 0 unspecified atom stereocenters. The van der Waals surface area contributed by atoms with Crippen molar-refractivity contribution in [2.24, 2.45) is 0 Å². The Bertz CT molecular complexity index is 9.61. The Hall–Kier alpha value is 2.61. The van der Waals surface area contributed by atoms with Crippen molar-refractivity contribution in [2.75, 3.05) is 5.75 Å². The van der Waals surface area contributed by atoms with Crippen molar-refractivity contribution >= 4 is 12.6 Å². The molecule has 0 saturated carbocycles. The predicted molar refractivity (Wildman–Crippen MR) is 17.9 cm³/mol. The zero-order chi connectivity index (χ0) is 2.71. The summed E-state index contributed by atoms with van der Waals surface area (Å²) in [5, 5.41) is 0. The van der Waals surface area contributed by atoms with Gasteiger partial charge in [-0.2, -0.15) is 5.75 Å². The van der Waals surface area contributed by atoms with E-state index in [0.29, 0.717) is 0 Å². The predicted octanol–water partition coefficient (Wildman–Crippen LogP) is -2.44. The first-order chi connectivity index (χ1) is 1.41. The van der Waals surface area contributed by atoms with E-state index in [-0.39, 0.29) is 67.3 Å². The van der Waals surface area contributed by atoms with Crippen molar-refractivity contribution in [3.05, 3.63) is 0 Å². The van der Waals surface area contributed by atoms with Crippen LogP contribution in [0.5, 0.6) is 0 Å². The van der Waals surface area contributed by atoms with Crippen LogP contribution in [0, 0.1) is 37.7 Å². The molecule has 5 heavy (non-hydrogen) atoms. The molecule has 0 aliphatic carbocycles. The van der Waals surface area contributed by atoms with E-state index < -0.39 is 0 Å². The second-order valence-corrected chi connectivity index (χ2v) is 0.866. The van der Waals surface area contributed by atoms with Gasteiger partial charge in [-0.25, -0.2) is 0 Å². The summed E-state index contributed by atoms with van der Waals surface area (Å²) in [6.07, 6.45) is 0. The van der Waals surface area contributed by atoms with Gasteiger partial charge in [0.1, 0.15) is 0 Å². The van der Waals surface area contributed by atoms with E-state index in [1.165, 1.54) is 0 Å². The van der Waals surface area contributed by atoms with Crippen LogP contribution in [0.15, 0.2) is 0 Å². The van der Waals surface area contributed by atoms with Crippen molar-refractivity contribution < 1.29 is 67.3 Å². The van der Waals surface area contributed by atoms with Gasteiger partial charge < -0.3 is 12.6 Å². The molecule has 0 aromatic carbocycles. The fourth-order valence-corrected chi connectivity index (χ4v) is 0. The maximum absolute atomic E-state index is 4.39. The van der Waals surface area contributed by atoms with Crippen LogP contribution in [0.4, 0.5) is 0 Å². The molecule has 0 aromatic heterocycles. The summed E-state index contributed by atoms with van der Waals surface area (Å²) in [6, 6.07) is 0. The average molecular weight is 124 g/mol. The van der Waals surface area contributed by atoms with E-state index in [2.05, 4.69) is 12.6 Å². The first-order valence-corrected chi connectivity index (χ1v) is 1.57. The first kappa shape index (κ1) is 15.6. The molecular formula is C2H5ArNaS. The van der Waals surface area contributed by atoms with Crippen molar-refractivity contribution in [1.29, 1.82) is 0 Å². The molecule has 0 amide bonds. The fourth-order valence-electron chi connectivity index (χ4n) is 0. The van der Waals surface area contributed by atoms with Crippen LogP contribution >= 0.6 is 0 Å². The summed E-state index contributed by atoms with van der Waals surface area (Å²) < 4.78 is 0. The summed E-state index contributed by atoms with van der Waals surface area (Å²) in [7, 11) is 0. The zero-order valence-electron chi connectivity index (χ0n) is 3.47. The Labute approximate surface area is 90.8 Å². The van der Waals surface area contributed by atoms with E-state index in [0.717, 1.165) is 5.75 Å². The third-order valence-electron chi connectivity index (χ3n) is 0. The molecule has 0 aromatic rings. The van der Waals surface area contributed by atoms with E-state index in [9.17, 15) is 0 Å². The topological polar surface area (TPSA) is 0 Å². The molecule has 0 fully saturated rings. The summed E-state index contributed by atoms with van der Waals surface area (Å²) in [5.41, 5.74) is 0. The van der Waals surface area contributed by atoms with Gasteiger partial charge in [-0.05, 0) is 0 Å². The van der Waals surface area contributed by atoms with Gasteiger partial charge in [0.15, 0.2) is 0 Å². The Morgan fingerprint density at radius 3 is 1.60 bits per heavy atom. The van der Waals surface area contributed by atoms with Crippen LogP contribution in [-0.4, -0.2) is 5.75 Å². The van der Waals surface area contributed by atoms with Gasteiger partial charge in [-0.15, -0.1) is 0 Å². The molecule has 0 aliphatic rings. The van der Waals surface area contributed by atoms with Gasteiger partial charge in [0, 0.05) is 37.7 Å². The molecule has 3 heteroatoms. The van der Waals surface area contributed by atoms with Crippen LogP contribution in [0.1, 0.15) is 6.92 Å². The molecule has 28 valence electrons. The second-order valence-electron chi connectivity index (χ2n) is 0.289. The first-order valence-electron chi connectivity index (χ1n) is 0.996. The Morgan fingerprint density at radius 2 is 1.60 bits per heavy atom. The van der Waals surface area contributed by atoms with Crippen molar-refractivity contribution in [1.82, 2.24) is 0 Å². The number of hydrogen-bond donors (Lipinski definition) is 0. The maximum Gasteiger partial charge on any atom is 1.00 e. The molecule has 0 nitrogen and oxygen atoms in total. The van der Waals surface area contributed by atoms with Gasteiger partial charge in [0.05, 0.1) is 0 Å². The molecule has 0 radical (unpaired) electrons. The molecule has 0 aliphatic heterocycles. The van der Waals surface area contributed by atoms with Crippen LogP contribution in [0.3, 0.4) is 0 Å². The largest absolute Gasteiger partial charge is 1.00 e. The molecule has 0 rings (SSSR count). The summed E-state index contributed by atoms with van der Waals surface area (Å²) in [5.74, 6) is 0.833. The minimum Gasteiger partial charge on any atom is -0.793 e. The standard InChI is InChI=1S/C2H6S.Ar.Na/c1-2-3;;/h3H,2H2,1H3;;/q;;+1/p-1. The average Bonchev–Trinajstić information content (AvgIpc) is 0.918. The monoisotopic (exact) mass is 124 g/mol. The SMILES string of the molecule is CC[S-].[Ar].[Na+]. The van der Waals surface area contributed by atoms with Gasteiger partial charge in [0.25, 0.3) is 0 Å². The number of hydrogen-bond acceptors (Lipinski definition) is 1. The van der Waals surface area contributed by atoms with Crippen LogP contribution in [0.25, 0.3) is 0 Å². The summed E-state index contributed by atoms with van der Waals surface area (Å²) >= 11 is 4.39. The Kier molecular flexibility index (Phi) is 49.9. The molecular weight excluding hydrogens is 119 g/mol. The molecule has 0 N–H and O–H groups in total. The van der Waals surface area contributed by atoms with E-state index in [1.54, 1.807) is 0 Å². The Balaban J connectivity index is -0.0000000200. The van der Waals surface area contributed by atoms with Gasteiger partial charge >= 0.3 is 29.6 Å². The fraction of sp³-hybridized carbons (Fsp3) is 1.00. The minimum absolute atomic E-state index is 0. The second kappa shape index (κ2) is 16.0. The molecule has 0 atom stereocenters. The van der Waals surface area contributed by atoms with Gasteiger partial charge in [0.2, 0.25) is 0 Å². The Morgan fingerprint density at radius 1 is 1.60 bits per heavy atom. The van der Waals surface area contributed by atoms with Crippen LogP contribution < -0.4 is 29.6 Å². The zero-order valence-corrected chi connectivity index (χ0v) is 6.99. The van der Waals surface area contributed by atoms with Crippen LogP contribution in [-0.2, 0) is 12.6 Å². The normalized spacial score (nSPS) is 3.60. The van der Waals surface area contributed by atoms with E-state index in [4.69, 9.17) is 0 Å². The van der Waals surface area contributed by atoms with Crippen molar-refractivity contribution in [3.8, 4) is 0 Å². The quantitative estimate of drug-likeness (QED) is 0.255.